The molecule has 2 aliphatic rings. The van der Waals surface area contributed by atoms with E-state index < -0.39 is 0 Å². The Bertz CT molecular complexity index is 760. The smallest absolute Gasteiger partial charge is 0.143 e. The molecule has 2 unspecified atom stereocenters. The van der Waals surface area contributed by atoms with Crippen molar-refractivity contribution in [3.63, 3.8) is 0 Å². The topological polar surface area (TPSA) is 43.4 Å². The Morgan fingerprint density at radius 1 is 0.778 bits per heavy atom. The second-order valence-corrected chi connectivity index (χ2v) is 11.7. The second kappa shape index (κ2) is 16.3. The largest absolute Gasteiger partial charge is 0.494 e. The van der Waals surface area contributed by atoms with Gasteiger partial charge in [-0.2, -0.15) is 0 Å². The molecule has 0 amide bonds. The molecule has 2 saturated carbocycles. The summed E-state index contributed by atoms with van der Waals surface area (Å²) in [6.07, 6.45) is 20.2. The summed E-state index contributed by atoms with van der Waals surface area (Å²) in [5.41, 5.74) is 1.40. The Hall–Kier alpha value is -1.64. The first-order chi connectivity index (χ1) is 17.6. The Morgan fingerprint density at radius 2 is 1.42 bits per heavy atom. The van der Waals surface area contributed by atoms with Gasteiger partial charge in [0.25, 0.3) is 0 Å². The van der Waals surface area contributed by atoms with E-state index in [-0.39, 0.29) is 17.5 Å². The summed E-state index contributed by atoms with van der Waals surface area (Å²) >= 11 is 0. The van der Waals surface area contributed by atoms with Crippen LogP contribution in [0.1, 0.15) is 141 Å². The zero-order valence-electron chi connectivity index (χ0n) is 23.3. The first kappa shape index (κ1) is 28.9. The molecule has 0 heterocycles. The maximum atomic E-state index is 13.0. The molecule has 0 aromatic heterocycles. The van der Waals surface area contributed by atoms with Crippen LogP contribution in [0, 0.1) is 17.8 Å². The van der Waals surface area contributed by atoms with Crippen LogP contribution in [0.15, 0.2) is 24.3 Å². The number of Topliss-reactive ketones (excluding diaryl/α,β-unsaturated/α-hetero) is 2. The summed E-state index contributed by atoms with van der Waals surface area (Å²) in [4.78, 5) is 25.8. The molecule has 2 aliphatic carbocycles. The fourth-order valence-electron chi connectivity index (χ4n) is 6.40. The molecular formula is C33H52O3. The lowest BCUT2D eigenvalue weighted by atomic mass is 9.73. The van der Waals surface area contributed by atoms with Crippen LogP contribution < -0.4 is 4.74 Å². The van der Waals surface area contributed by atoms with Gasteiger partial charge in [0.05, 0.1) is 12.5 Å². The minimum absolute atomic E-state index is 0.241. The maximum Gasteiger partial charge on any atom is 0.143 e. The van der Waals surface area contributed by atoms with Gasteiger partial charge >= 0.3 is 0 Å². The van der Waals surface area contributed by atoms with Crippen LogP contribution in [-0.4, -0.2) is 18.2 Å². The number of ether oxygens (including phenoxy) is 1. The van der Waals surface area contributed by atoms with E-state index in [1.54, 1.807) is 0 Å². The van der Waals surface area contributed by atoms with Crippen molar-refractivity contribution in [2.45, 2.75) is 135 Å². The molecule has 202 valence electrons. The van der Waals surface area contributed by atoms with Gasteiger partial charge < -0.3 is 4.74 Å². The van der Waals surface area contributed by atoms with Gasteiger partial charge in [-0.3, -0.25) is 9.59 Å². The molecule has 0 radical (unpaired) electrons. The van der Waals surface area contributed by atoms with E-state index in [0.29, 0.717) is 30.6 Å². The van der Waals surface area contributed by atoms with Crippen LogP contribution in [0.2, 0.25) is 0 Å². The van der Waals surface area contributed by atoms with Crippen LogP contribution in [0.25, 0.3) is 0 Å². The van der Waals surface area contributed by atoms with Crippen molar-refractivity contribution in [2.75, 3.05) is 6.61 Å². The third-order valence-electron chi connectivity index (χ3n) is 8.80. The lowest BCUT2D eigenvalue weighted by Gasteiger charge is -2.31. The van der Waals surface area contributed by atoms with E-state index in [9.17, 15) is 9.59 Å². The summed E-state index contributed by atoms with van der Waals surface area (Å²) in [5.74, 6) is 2.74. The molecule has 0 spiro atoms. The Balaban J connectivity index is 1.33. The highest BCUT2D eigenvalue weighted by Gasteiger charge is 2.34. The molecule has 3 heteroatoms. The van der Waals surface area contributed by atoms with Crippen LogP contribution in [0.3, 0.4) is 0 Å². The maximum absolute atomic E-state index is 13.0. The van der Waals surface area contributed by atoms with Gasteiger partial charge in [0.15, 0.2) is 0 Å². The normalized spacial score (nSPS) is 24.6. The van der Waals surface area contributed by atoms with Gasteiger partial charge in [-0.05, 0) is 80.4 Å². The summed E-state index contributed by atoms with van der Waals surface area (Å²) in [6.45, 7) is 5.28. The van der Waals surface area contributed by atoms with Crippen molar-refractivity contribution in [3.05, 3.63) is 29.8 Å². The highest BCUT2D eigenvalue weighted by molar-refractivity contribution is 6.02. The number of hydrogen-bond acceptors (Lipinski definition) is 3. The monoisotopic (exact) mass is 496 g/mol. The average Bonchev–Trinajstić information content (AvgIpc) is 2.89. The third-order valence-corrected chi connectivity index (χ3v) is 8.80. The zero-order valence-corrected chi connectivity index (χ0v) is 23.3. The van der Waals surface area contributed by atoms with E-state index in [1.807, 2.05) is 0 Å². The highest BCUT2D eigenvalue weighted by atomic mass is 16.5. The second-order valence-electron chi connectivity index (χ2n) is 11.7. The summed E-state index contributed by atoms with van der Waals surface area (Å²) < 4.78 is 5.90. The minimum atomic E-state index is -0.298. The van der Waals surface area contributed by atoms with E-state index >= 15 is 0 Å². The van der Waals surface area contributed by atoms with E-state index in [1.165, 1.54) is 63.4 Å². The van der Waals surface area contributed by atoms with Crippen LogP contribution in [0.4, 0.5) is 0 Å². The van der Waals surface area contributed by atoms with Gasteiger partial charge in [-0.25, -0.2) is 0 Å². The number of benzene rings is 1. The zero-order chi connectivity index (χ0) is 25.6. The molecular weight excluding hydrogens is 444 g/mol. The van der Waals surface area contributed by atoms with Crippen molar-refractivity contribution >= 4 is 11.6 Å². The molecule has 3 rings (SSSR count). The highest BCUT2D eigenvalue weighted by Crippen LogP contribution is 2.39. The number of unbranched alkanes of at least 4 members (excludes halogenated alkanes) is 7. The van der Waals surface area contributed by atoms with Gasteiger partial charge in [-0.1, -0.05) is 83.8 Å². The lowest BCUT2D eigenvalue weighted by Crippen LogP contribution is -2.32. The van der Waals surface area contributed by atoms with Gasteiger partial charge in [0, 0.05) is 12.8 Å². The van der Waals surface area contributed by atoms with Gasteiger partial charge in [-0.15, -0.1) is 0 Å². The molecule has 0 bridgehead atoms. The predicted octanol–water partition coefficient (Wildman–Crippen LogP) is 9.22. The van der Waals surface area contributed by atoms with Gasteiger partial charge in [0.2, 0.25) is 0 Å². The van der Waals surface area contributed by atoms with E-state index in [0.717, 1.165) is 57.3 Å². The van der Waals surface area contributed by atoms with Crippen LogP contribution in [-0.2, 0) is 9.59 Å². The van der Waals surface area contributed by atoms with Crippen molar-refractivity contribution in [2.24, 2.45) is 17.8 Å². The summed E-state index contributed by atoms with van der Waals surface area (Å²) in [5, 5.41) is 0. The molecule has 0 aliphatic heterocycles. The first-order valence-corrected chi connectivity index (χ1v) is 15.4. The SMILES string of the molecule is CCCCCCCC1CCC(C(=O)C[C@H]2CC[C@H](c3ccc(OCCCCCC)cc3)CC2)C(=O)C1. The molecule has 2 fully saturated rings. The average molecular weight is 497 g/mol. The third kappa shape index (κ3) is 9.67. The Labute approximate surface area is 221 Å². The molecule has 36 heavy (non-hydrogen) atoms. The molecule has 1 aromatic rings. The Morgan fingerprint density at radius 3 is 2.08 bits per heavy atom. The van der Waals surface area contributed by atoms with Gasteiger partial charge in [0.1, 0.15) is 17.3 Å². The molecule has 0 N–H and O–H groups in total. The molecule has 0 saturated heterocycles. The summed E-state index contributed by atoms with van der Waals surface area (Å²) in [7, 11) is 0. The first-order valence-electron chi connectivity index (χ1n) is 15.4. The standard InChI is InChI=1S/C33H52O3/c1-3-5-7-9-10-12-26-15-22-31(32(34)24-26)33(35)25-27-13-16-28(17-14-27)29-18-20-30(21-19-29)36-23-11-8-6-4-2/h18-21,26-28,31H,3-17,22-25H2,1-2H3/t26?,27-,28-,31?. The summed E-state index contributed by atoms with van der Waals surface area (Å²) in [6, 6.07) is 8.72. The molecule has 3 nitrogen and oxygen atoms in total. The van der Waals surface area contributed by atoms with Crippen molar-refractivity contribution < 1.29 is 14.3 Å². The molecule has 2 atom stereocenters. The molecule has 1 aromatic carbocycles. The van der Waals surface area contributed by atoms with Crippen molar-refractivity contribution in [1.82, 2.24) is 0 Å². The predicted molar refractivity (Wildman–Crippen MR) is 150 cm³/mol. The minimum Gasteiger partial charge on any atom is -0.494 e. The number of hydrogen-bond donors (Lipinski definition) is 0. The quantitative estimate of drug-likeness (QED) is 0.169. The van der Waals surface area contributed by atoms with E-state index in [2.05, 4.69) is 38.1 Å². The number of carbonyl (C=O) groups excluding carboxylic acids is 2. The van der Waals surface area contributed by atoms with Crippen molar-refractivity contribution in [3.8, 4) is 5.75 Å². The lowest BCUT2D eigenvalue weighted by molar-refractivity contribution is -0.136. The van der Waals surface area contributed by atoms with Crippen LogP contribution >= 0.6 is 0 Å². The fraction of sp³-hybridized carbons (Fsp3) is 0.758. The number of rotatable bonds is 16. The van der Waals surface area contributed by atoms with Crippen molar-refractivity contribution in [1.29, 1.82) is 0 Å². The number of carbonyl (C=O) groups is 2. The fourth-order valence-corrected chi connectivity index (χ4v) is 6.40. The number of ketones is 2. The van der Waals surface area contributed by atoms with E-state index in [4.69, 9.17) is 4.74 Å². The van der Waals surface area contributed by atoms with Crippen LogP contribution in [0.5, 0.6) is 5.75 Å². The Kier molecular flexibility index (Phi) is 13.1.